The lowest BCUT2D eigenvalue weighted by Crippen LogP contribution is -2.05. The molecule has 0 saturated carbocycles. The Morgan fingerprint density at radius 1 is 0.893 bits per heavy atom. The van der Waals surface area contributed by atoms with E-state index in [1.165, 1.54) is 4.52 Å². The number of nitrogen functional groups attached to an aromatic ring is 1. The van der Waals surface area contributed by atoms with E-state index in [2.05, 4.69) is 20.3 Å². The molecule has 2 N–H and O–H groups in total. The van der Waals surface area contributed by atoms with E-state index >= 15 is 0 Å². The largest absolute Gasteiger partial charge is 0.382 e. The normalized spacial score (nSPS) is 10.8. The van der Waals surface area contributed by atoms with E-state index in [4.69, 9.17) is 5.73 Å². The Morgan fingerprint density at radius 3 is 2.21 bits per heavy atom. The standard InChI is InChI=1S/C20H12N8/c21-11-15-16(12-22)28-20(24-19(15)23)18(26-25-14-9-5-2-6-10-14)17(27-28)13-7-3-1-4-8-13/h1-10H,(H2,23,24). The third-order valence-electron chi connectivity index (χ3n) is 4.05. The summed E-state index contributed by atoms with van der Waals surface area (Å²) in [6, 6.07) is 22.5. The van der Waals surface area contributed by atoms with Crippen LogP contribution in [0.15, 0.2) is 70.9 Å². The number of azo groups is 1. The number of anilines is 1. The number of nitrogens with zero attached hydrogens (tertiary/aromatic N) is 7. The van der Waals surface area contributed by atoms with Gasteiger partial charge in [-0.05, 0) is 12.1 Å². The highest BCUT2D eigenvalue weighted by atomic mass is 15.3. The maximum atomic E-state index is 9.55. The molecular formula is C20H12N8. The van der Waals surface area contributed by atoms with Gasteiger partial charge in [-0.15, -0.1) is 5.11 Å². The highest BCUT2D eigenvalue weighted by Gasteiger charge is 2.22. The van der Waals surface area contributed by atoms with Crippen molar-refractivity contribution in [3.8, 4) is 23.4 Å². The van der Waals surface area contributed by atoms with Crippen molar-refractivity contribution < 1.29 is 0 Å². The van der Waals surface area contributed by atoms with Crippen LogP contribution in [0.25, 0.3) is 16.9 Å². The smallest absolute Gasteiger partial charge is 0.187 e. The summed E-state index contributed by atoms with van der Waals surface area (Å²) < 4.78 is 1.29. The molecule has 0 radical (unpaired) electrons. The molecule has 132 valence electrons. The molecule has 2 heterocycles. The van der Waals surface area contributed by atoms with Gasteiger partial charge in [-0.25, -0.2) is 9.50 Å². The fraction of sp³-hybridized carbons (Fsp3) is 0. The minimum atomic E-state index is -0.0535. The zero-order chi connectivity index (χ0) is 19.5. The third kappa shape index (κ3) is 2.81. The summed E-state index contributed by atoms with van der Waals surface area (Å²) >= 11 is 0. The Hall–Kier alpha value is -4.56. The van der Waals surface area contributed by atoms with E-state index in [1.807, 2.05) is 72.8 Å². The molecule has 2 aromatic carbocycles. The number of nitriles is 2. The molecule has 0 saturated heterocycles. The summed E-state index contributed by atoms with van der Waals surface area (Å²) in [6.07, 6.45) is 0. The van der Waals surface area contributed by atoms with E-state index in [0.717, 1.165) is 5.56 Å². The van der Waals surface area contributed by atoms with Crippen molar-refractivity contribution in [2.45, 2.75) is 0 Å². The average Bonchev–Trinajstić information content (AvgIpc) is 3.10. The van der Waals surface area contributed by atoms with E-state index in [9.17, 15) is 10.5 Å². The van der Waals surface area contributed by atoms with Gasteiger partial charge in [-0.1, -0.05) is 48.5 Å². The summed E-state index contributed by atoms with van der Waals surface area (Å²) in [5, 5.41) is 32.0. The third-order valence-corrected chi connectivity index (χ3v) is 4.05. The Morgan fingerprint density at radius 2 is 1.57 bits per heavy atom. The van der Waals surface area contributed by atoms with Crippen molar-refractivity contribution >= 4 is 22.8 Å². The second kappa shape index (κ2) is 6.98. The maximum absolute atomic E-state index is 9.55. The monoisotopic (exact) mass is 364 g/mol. The number of aromatic nitrogens is 3. The minimum absolute atomic E-state index is 0.00309. The van der Waals surface area contributed by atoms with Crippen LogP contribution >= 0.6 is 0 Å². The molecule has 0 atom stereocenters. The number of hydrogen-bond donors (Lipinski definition) is 1. The van der Waals surface area contributed by atoms with E-state index in [-0.39, 0.29) is 22.7 Å². The molecule has 0 unspecified atom stereocenters. The number of hydrogen-bond acceptors (Lipinski definition) is 7. The maximum Gasteiger partial charge on any atom is 0.187 e. The lowest BCUT2D eigenvalue weighted by Gasteiger charge is -2.01. The van der Waals surface area contributed by atoms with Crippen molar-refractivity contribution in [2.75, 3.05) is 5.73 Å². The predicted molar refractivity (Wildman–Crippen MR) is 103 cm³/mol. The van der Waals surface area contributed by atoms with Gasteiger partial charge < -0.3 is 5.73 Å². The van der Waals surface area contributed by atoms with Gasteiger partial charge in [0.1, 0.15) is 29.2 Å². The van der Waals surface area contributed by atoms with Gasteiger partial charge in [0.15, 0.2) is 17.0 Å². The molecule has 0 spiro atoms. The van der Waals surface area contributed by atoms with Crippen molar-refractivity contribution in [3.05, 3.63) is 71.9 Å². The Balaban J connectivity index is 2.03. The second-order valence-corrected chi connectivity index (χ2v) is 5.78. The lowest BCUT2D eigenvalue weighted by molar-refractivity contribution is 0.921. The molecule has 0 aliphatic rings. The molecule has 8 heteroatoms. The quantitative estimate of drug-likeness (QED) is 0.546. The number of fused-ring (bicyclic) bond motifs is 1. The molecule has 2 aromatic heterocycles. The van der Waals surface area contributed by atoms with E-state index < -0.39 is 0 Å². The van der Waals surface area contributed by atoms with Gasteiger partial charge in [0.05, 0.1) is 5.69 Å². The Labute approximate surface area is 159 Å². The van der Waals surface area contributed by atoms with Gasteiger partial charge in [-0.2, -0.15) is 20.7 Å². The highest BCUT2D eigenvalue weighted by Crippen LogP contribution is 2.35. The fourth-order valence-electron chi connectivity index (χ4n) is 2.75. The van der Waals surface area contributed by atoms with E-state index in [0.29, 0.717) is 17.1 Å². The number of nitrogens with two attached hydrogens (primary N) is 1. The summed E-state index contributed by atoms with van der Waals surface area (Å²) in [4.78, 5) is 4.26. The first kappa shape index (κ1) is 16.9. The summed E-state index contributed by atoms with van der Waals surface area (Å²) in [5.41, 5.74) is 8.41. The van der Waals surface area contributed by atoms with Crippen LogP contribution in [0.3, 0.4) is 0 Å². The summed E-state index contributed by atoms with van der Waals surface area (Å²) in [6.45, 7) is 0. The summed E-state index contributed by atoms with van der Waals surface area (Å²) in [7, 11) is 0. The van der Waals surface area contributed by atoms with Crippen LogP contribution in [-0.2, 0) is 0 Å². The molecule has 8 nitrogen and oxygen atoms in total. The van der Waals surface area contributed by atoms with Crippen LogP contribution in [0, 0.1) is 22.7 Å². The first-order valence-electron chi connectivity index (χ1n) is 8.27. The van der Waals surface area contributed by atoms with Crippen LogP contribution in [0.2, 0.25) is 0 Å². The molecule has 4 rings (SSSR count). The molecule has 4 aromatic rings. The zero-order valence-corrected chi connectivity index (χ0v) is 14.5. The van der Waals surface area contributed by atoms with Crippen LogP contribution in [0.1, 0.15) is 11.3 Å². The van der Waals surface area contributed by atoms with Crippen LogP contribution in [0.4, 0.5) is 17.2 Å². The van der Waals surface area contributed by atoms with Gasteiger partial charge in [-0.3, -0.25) is 0 Å². The van der Waals surface area contributed by atoms with Gasteiger partial charge in [0.25, 0.3) is 0 Å². The fourth-order valence-corrected chi connectivity index (χ4v) is 2.75. The Kier molecular flexibility index (Phi) is 4.21. The molecule has 0 aliphatic heterocycles. The van der Waals surface area contributed by atoms with Crippen molar-refractivity contribution in [3.63, 3.8) is 0 Å². The minimum Gasteiger partial charge on any atom is -0.382 e. The predicted octanol–water partition coefficient (Wildman–Crippen LogP) is 4.14. The SMILES string of the molecule is N#Cc1c(N)nc2c(N=Nc3ccccc3)c(-c3ccccc3)nn2c1C#N. The molecular weight excluding hydrogens is 352 g/mol. The lowest BCUT2D eigenvalue weighted by atomic mass is 10.1. The molecule has 0 amide bonds. The number of benzene rings is 2. The zero-order valence-electron chi connectivity index (χ0n) is 14.5. The summed E-state index contributed by atoms with van der Waals surface area (Å²) in [5.74, 6) is -0.0535. The van der Waals surface area contributed by atoms with Crippen molar-refractivity contribution in [2.24, 2.45) is 10.2 Å². The molecule has 0 fully saturated rings. The first-order valence-corrected chi connectivity index (χ1v) is 8.27. The van der Waals surface area contributed by atoms with Crippen LogP contribution in [-0.4, -0.2) is 14.6 Å². The van der Waals surface area contributed by atoms with Crippen LogP contribution in [0.5, 0.6) is 0 Å². The van der Waals surface area contributed by atoms with Gasteiger partial charge in [0.2, 0.25) is 0 Å². The highest BCUT2D eigenvalue weighted by molar-refractivity contribution is 5.84. The molecule has 0 bridgehead atoms. The van der Waals surface area contributed by atoms with Crippen molar-refractivity contribution in [1.29, 1.82) is 10.5 Å². The second-order valence-electron chi connectivity index (χ2n) is 5.78. The molecule has 0 aliphatic carbocycles. The number of rotatable bonds is 3. The van der Waals surface area contributed by atoms with E-state index in [1.54, 1.807) is 0 Å². The topological polar surface area (TPSA) is 129 Å². The first-order chi connectivity index (χ1) is 13.7. The van der Waals surface area contributed by atoms with Gasteiger partial charge >= 0.3 is 0 Å². The Bertz CT molecular complexity index is 1280. The van der Waals surface area contributed by atoms with Gasteiger partial charge in [0, 0.05) is 5.56 Å². The molecule has 28 heavy (non-hydrogen) atoms. The average molecular weight is 364 g/mol. The van der Waals surface area contributed by atoms with Crippen molar-refractivity contribution in [1.82, 2.24) is 14.6 Å². The van der Waals surface area contributed by atoms with Crippen LogP contribution < -0.4 is 5.73 Å².